The summed E-state index contributed by atoms with van der Waals surface area (Å²) in [6, 6.07) is 33.0. The molecule has 0 aromatic heterocycles. The van der Waals surface area contributed by atoms with E-state index in [2.05, 4.69) is 23.5 Å². The molecule has 1 aliphatic carbocycles. The van der Waals surface area contributed by atoms with Gasteiger partial charge in [0.2, 0.25) is 0 Å². The van der Waals surface area contributed by atoms with Crippen LogP contribution in [0.1, 0.15) is 22.6 Å². The second kappa shape index (κ2) is 9.43. The van der Waals surface area contributed by atoms with Gasteiger partial charge in [0.15, 0.2) is 0 Å². The minimum absolute atomic E-state index is 0.0918. The van der Waals surface area contributed by atoms with Crippen molar-refractivity contribution in [2.24, 2.45) is 0 Å². The molecule has 0 saturated heterocycles. The van der Waals surface area contributed by atoms with Crippen molar-refractivity contribution < 1.29 is 19.4 Å². The molecular formula is C32H25NO4. The number of nitrogens with one attached hydrogen (secondary N) is 1. The Balaban J connectivity index is 1.21. The Morgan fingerprint density at radius 2 is 1.32 bits per heavy atom. The molecular weight excluding hydrogens is 462 g/mol. The van der Waals surface area contributed by atoms with E-state index < -0.39 is 18.1 Å². The zero-order valence-electron chi connectivity index (χ0n) is 20.1. The predicted octanol–water partition coefficient (Wildman–Crippen LogP) is 6.53. The highest BCUT2D eigenvalue weighted by atomic mass is 16.5. The number of carbonyl (C=O) groups excluding carboxylic acids is 1. The molecule has 1 amide bonds. The van der Waals surface area contributed by atoms with Crippen molar-refractivity contribution in [3.63, 3.8) is 0 Å². The Hall–Kier alpha value is -4.64. The first-order valence-electron chi connectivity index (χ1n) is 12.3. The lowest BCUT2D eigenvalue weighted by molar-refractivity contribution is -0.139. The third-order valence-corrected chi connectivity index (χ3v) is 7.21. The van der Waals surface area contributed by atoms with Gasteiger partial charge in [-0.2, -0.15) is 0 Å². The van der Waals surface area contributed by atoms with Crippen molar-refractivity contribution in [1.82, 2.24) is 5.32 Å². The molecule has 182 valence electrons. The molecule has 0 fully saturated rings. The zero-order valence-corrected chi connectivity index (χ0v) is 20.1. The summed E-state index contributed by atoms with van der Waals surface area (Å²) < 4.78 is 5.60. The molecule has 5 aromatic rings. The lowest BCUT2D eigenvalue weighted by atomic mass is 9.94. The van der Waals surface area contributed by atoms with Gasteiger partial charge in [-0.1, -0.05) is 103 Å². The standard InChI is InChI=1S/C32H25NO4/c34-31(35)30(18-21-17-20-9-1-2-10-22(20)24-12-4-3-11-23(21)24)33-32(36)37-19-29-27-15-7-5-13-25(27)26-14-6-8-16-28(26)29/h1-17,29-30H,18-19H2,(H,33,36)(H,34,35). The van der Waals surface area contributed by atoms with Gasteiger partial charge in [-0.3, -0.25) is 0 Å². The highest BCUT2D eigenvalue weighted by Crippen LogP contribution is 2.44. The first kappa shape index (κ1) is 22.8. The first-order valence-corrected chi connectivity index (χ1v) is 12.3. The number of rotatable bonds is 6. The highest BCUT2D eigenvalue weighted by molar-refractivity contribution is 6.09. The maximum atomic E-state index is 12.8. The van der Waals surface area contributed by atoms with E-state index in [1.54, 1.807) is 0 Å². The van der Waals surface area contributed by atoms with E-state index in [-0.39, 0.29) is 18.9 Å². The number of fused-ring (bicyclic) bond motifs is 6. The number of amides is 1. The number of carboxylic acids is 1. The Kier molecular flexibility index (Phi) is 5.81. The Morgan fingerprint density at radius 3 is 2.00 bits per heavy atom. The molecule has 6 rings (SSSR count). The largest absolute Gasteiger partial charge is 0.480 e. The molecule has 5 aromatic carbocycles. The third-order valence-electron chi connectivity index (χ3n) is 7.21. The molecule has 0 spiro atoms. The molecule has 0 aliphatic heterocycles. The van der Waals surface area contributed by atoms with Gasteiger partial charge in [0.05, 0.1) is 0 Å². The summed E-state index contributed by atoms with van der Waals surface area (Å²) in [4.78, 5) is 25.0. The smallest absolute Gasteiger partial charge is 0.407 e. The van der Waals surface area contributed by atoms with Gasteiger partial charge in [0.25, 0.3) is 0 Å². The number of aliphatic carboxylic acids is 1. The second-order valence-electron chi connectivity index (χ2n) is 9.37. The number of carbonyl (C=O) groups is 2. The number of carboxylic acid groups (broad SMARTS) is 1. The van der Waals surface area contributed by atoms with Crippen molar-refractivity contribution in [2.75, 3.05) is 6.61 Å². The minimum Gasteiger partial charge on any atom is -0.480 e. The van der Waals surface area contributed by atoms with Crippen LogP contribution in [-0.4, -0.2) is 29.8 Å². The van der Waals surface area contributed by atoms with Crippen molar-refractivity contribution in [2.45, 2.75) is 18.4 Å². The van der Waals surface area contributed by atoms with E-state index in [0.29, 0.717) is 0 Å². The number of hydrogen-bond acceptors (Lipinski definition) is 3. The number of ether oxygens (including phenoxy) is 1. The van der Waals surface area contributed by atoms with Gasteiger partial charge in [-0.15, -0.1) is 0 Å². The van der Waals surface area contributed by atoms with E-state index in [1.165, 1.54) is 0 Å². The molecule has 1 unspecified atom stereocenters. The molecule has 37 heavy (non-hydrogen) atoms. The fourth-order valence-corrected chi connectivity index (χ4v) is 5.50. The summed E-state index contributed by atoms with van der Waals surface area (Å²) in [5, 5.41) is 16.7. The van der Waals surface area contributed by atoms with Gasteiger partial charge >= 0.3 is 12.1 Å². The zero-order chi connectivity index (χ0) is 25.4. The molecule has 0 bridgehead atoms. The molecule has 5 heteroatoms. The molecule has 0 saturated carbocycles. The van der Waals surface area contributed by atoms with Crippen LogP contribution in [0.4, 0.5) is 4.79 Å². The normalized spacial score (nSPS) is 13.2. The Morgan fingerprint density at radius 1 is 0.757 bits per heavy atom. The summed E-state index contributed by atoms with van der Waals surface area (Å²) in [5.74, 6) is -1.20. The van der Waals surface area contributed by atoms with E-state index in [4.69, 9.17) is 4.74 Å². The molecule has 1 atom stereocenters. The number of alkyl carbamates (subject to hydrolysis) is 1. The fraction of sp³-hybridized carbons (Fsp3) is 0.125. The van der Waals surface area contributed by atoms with Crippen LogP contribution in [-0.2, 0) is 16.0 Å². The van der Waals surface area contributed by atoms with E-state index >= 15 is 0 Å². The van der Waals surface area contributed by atoms with Gasteiger partial charge < -0.3 is 15.2 Å². The summed E-state index contributed by atoms with van der Waals surface area (Å²) in [5.41, 5.74) is 5.35. The molecule has 5 nitrogen and oxygen atoms in total. The van der Waals surface area contributed by atoms with Crippen molar-refractivity contribution in [1.29, 1.82) is 0 Å². The minimum atomic E-state index is -1.12. The Bertz CT molecular complexity index is 1610. The van der Waals surface area contributed by atoms with Gasteiger partial charge in [0.1, 0.15) is 12.6 Å². The second-order valence-corrected chi connectivity index (χ2v) is 9.37. The predicted molar refractivity (Wildman–Crippen MR) is 145 cm³/mol. The molecule has 1 aliphatic rings. The van der Waals surface area contributed by atoms with Crippen LogP contribution >= 0.6 is 0 Å². The summed E-state index contributed by atoms with van der Waals surface area (Å²) >= 11 is 0. The topological polar surface area (TPSA) is 75.6 Å². The summed E-state index contributed by atoms with van der Waals surface area (Å²) in [6.45, 7) is 0.130. The van der Waals surface area contributed by atoms with Crippen molar-refractivity contribution in [3.05, 3.63) is 120 Å². The van der Waals surface area contributed by atoms with Crippen molar-refractivity contribution >= 4 is 33.6 Å². The lowest BCUT2D eigenvalue weighted by Crippen LogP contribution is -2.43. The van der Waals surface area contributed by atoms with Gasteiger partial charge in [-0.25, -0.2) is 9.59 Å². The van der Waals surface area contributed by atoms with Crippen molar-refractivity contribution in [3.8, 4) is 11.1 Å². The average molecular weight is 488 g/mol. The lowest BCUT2D eigenvalue weighted by Gasteiger charge is -2.19. The van der Waals surface area contributed by atoms with Crippen LogP contribution in [0, 0.1) is 0 Å². The molecule has 2 N–H and O–H groups in total. The number of benzene rings is 5. The van der Waals surface area contributed by atoms with Crippen LogP contribution in [0.5, 0.6) is 0 Å². The highest BCUT2D eigenvalue weighted by Gasteiger charge is 2.30. The number of hydrogen-bond donors (Lipinski definition) is 2. The van der Waals surface area contributed by atoms with E-state index in [9.17, 15) is 14.7 Å². The van der Waals surface area contributed by atoms with E-state index in [0.717, 1.165) is 49.4 Å². The van der Waals surface area contributed by atoms with Gasteiger partial charge in [0, 0.05) is 12.3 Å². The van der Waals surface area contributed by atoms with Crippen LogP contribution < -0.4 is 5.32 Å². The first-order chi connectivity index (χ1) is 18.1. The fourth-order valence-electron chi connectivity index (χ4n) is 5.50. The van der Waals surface area contributed by atoms with Crippen LogP contribution in [0.3, 0.4) is 0 Å². The van der Waals surface area contributed by atoms with Crippen LogP contribution in [0.2, 0.25) is 0 Å². The maximum absolute atomic E-state index is 12.8. The molecule has 0 radical (unpaired) electrons. The Labute approximate surface area is 214 Å². The SMILES string of the molecule is O=C(NC(Cc1cc2ccccc2c2ccccc12)C(=O)O)OCC1c2ccccc2-c2ccccc21. The van der Waals surface area contributed by atoms with Gasteiger partial charge in [-0.05, 0) is 49.4 Å². The maximum Gasteiger partial charge on any atom is 0.407 e. The third kappa shape index (κ3) is 4.19. The quantitative estimate of drug-likeness (QED) is 0.267. The monoisotopic (exact) mass is 487 g/mol. The van der Waals surface area contributed by atoms with Crippen LogP contribution in [0.25, 0.3) is 32.7 Å². The molecule has 0 heterocycles. The van der Waals surface area contributed by atoms with E-state index in [1.807, 2.05) is 84.9 Å². The average Bonchev–Trinajstić information content (AvgIpc) is 3.25. The van der Waals surface area contributed by atoms with Crippen LogP contribution in [0.15, 0.2) is 103 Å². The summed E-state index contributed by atoms with van der Waals surface area (Å²) in [7, 11) is 0. The summed E-state index contributed by atoms with van der Waals surface area (Å²) in [6.07, 6.45) is -0.593.